The maximum Gasteiger partial charge on any atom is 0.387 e. The first kappa shape index (κ1) is 16.4. The lowest BCUT2D eigenvalue weighted by Crippen LogP contribution is -2.32. The molecule has 1 aromatic carbocycles. The third-order valence-corrected chi connectivity index (χ3v) is 2.56. The van der Waals surface area contributed by atoms with Crippen LogP contribution in [0.5, 0.6) is 5.75 Å². The molecular formula is C14H19F2NO3. The third-order valence-electron chi connectivity index (χ3n) is 2.56. The van der Waals surface area contributed by atoms with E-state index >= 15 is 0 Å². The molecule has 0 fully saturated rings. The van der Waals surface area contributed by atoms with Crippen LogP contribution in [0.25, 0.3) is 0 Å². The van der Waals surface area contributed by atoms with E-state index < -0.39 is 12.6 Å². The number of benzene rings is 1. The van der Waals surface area contributed by atoms with E-state index in [9.17, 15) is 13.6 Å². The Hall–Kier alpha value is -1.69. The molecule has 0 aliphatic rings. The molecule has 1 rings (SSSR count). The van der Waals surface area contributed by atoms with Gasteiger partial charge in [0.25, 0.3) is 0 Å². The molecule has 1 N–H and O–H groups in total. The lowest BCUT2D eigenvalue weighted by Gasteiger charge is -2.23. The number of alkyl halides is 2. The van der Waals surface area contributed by atoms with Crippen molar-refractivity contribution in [2.75, 3.05) is 13.1 Å². The Morgan fingerprint density at radius 1 is 1.35 bits per heavy atom. The number of rotatable bonds is 8. The summed E-state index contributed by atoms with van der Waals surface area (Å²) < 4.78 is 29.1. The van der Waals surface area contributed by atoms with E-state index in [4.69, 9.17) is 5.11 Å². The zero-order valence-corrected chi connectivity index (χ0v) is 11.6. The monoisotopic (exact) mass is 287 g/mol. The normalized spacial score (nSPS) is 11.3. The van der Waals surface area contributed by atoms with Crippen LogP contribution in [0.1, 0.15) is 19.4 Å². The number of carbonyl (C=O) groups is 1. The Labute approximate surface area is 117 Å². The summed E-state index contributed by atoms with van der Waals surface area (Å²) in [6, 6.07) is 6.43. The fraction of sp³-hybridized carbons (Fsp3) is 0.500. The number of para-hydroxylation sites is 1. The van der Waals surface area contributed by atoms with E-state index in [1.54, 1.807) is 23.1 Å². The molecule has 0 atom stereocenters. The number of halogens is 2. The highest BCUT2D eigenvalue weighted by Crippen LogP contribution is 2.22. The molecule has 6 heteroatoms. The van der Waals surface area contributed by atoms with Crippen LogP contribution >= 0.6 is 0 Å². The highest BCUT2D eigenvalue weighted by atomic mass is 19.3. The van der Waals surface area contributed by atoms with Crippen molar-refractivity contribution in [2.45, 2.75) is 27.0 Å². The van der Waals surface area contributed by atoms with Crippen LogP contribution in [0.15, 0.2) is 24.3 Å². The van der Waals surface area contributed by atoms with Gasteiger partial charge < -0.3 is 9.84 Å². The molecule has 0 saturated heterocycles. The summed E-state index contributed by atoms with van der Waals surface area (Å²) in [7, 11) is 0. The van der Waals surface area contributed by atoms with Crippen LogP contribution in [0.4, 0.5) is 8.78 Å². The Bertz CT molecular complexity index is 438. The van der Waals surface area contributed by atoms with Gasteiger partial charge in [0.1, 0.15) is 5.75 Å². The third kappa shape index (κ3) is 5.97. The second-order valence-electron chi connectivity index (χ2n) is 4.94. The lowest BCUT2D eigenvalue weighted by atomic mass is 10.1. The van der Waals surface area contributed by atoms with E-state index in [0.29, 0.717) is 12.1 Å². The predicted molar refractivity (Wildman–Crippen MR) is 70.8 cm³/mol. The lowest BCUT2D eigenvalue weighted by molar-refractivity contribution is -0.138. The first-order valence-electron chi connectivity index (χ1n) is 6.35. The molecule has 0 aliphatic carbocycles. The van der Waals surface area contributed by atoms with Crippen LogP contribution < -0.4 is 4.74 Å². The zero-order valence-electron chi connectivity index (χ0n) is 11.6. The smallest absolute Gasteiger partial charge is 0.387 e. The number of hydrogen-bond acceptors (Lipinski definition) is 3. The first-order valence-corrected chi connectivity index (χ1v) is 6.35. The molecular weight excluding hydrogens is 268 g/mol. The van der Waals surface area contributed by atoms with Crippen molar-refractivity contribution in [2.24, 2.45) is 5.92 Å². The van der Waals surface area contributed by atoms with Crippen LogP contribution in [-0.2, 0) is 11.3 Å². The SMILES string of the molecule is CC(C)CN(CC(=O)O)Cc1ccccc1OC(F)F. The average molecular weight is 287 g/mol. The molecule has 0 unspecified atom stereocenters. The quantitative estimate of drug-likeness (QED) is 0.798. The van der Waals surface area contributed by atoms with Crippen molar-refractivity contribution in [3.63, 3.8) is 0 Å². The van der Waals surface area contributed by atoms with Gasteiger partial charge in [0.05, 0.1) is 6.54 Å². The average Bonchev–Trinajstić information content (AvgIpc) is 2.29. The molecule has 4 nitrogen and oxygen atoms in total. The summed E-state index contributed by atoms with van der Waals surface area (Å²) in [5, 5.41) is 8.90. The largest absolute Gasteiger partial charge is 0.480 e. The van der Waals surface area contributed by atoms with Crippen LogP contribution in [0.3, 0.4) is 0 Å². The molecule has 0 amide bonds. The van der Waals surface area contributed by atoms with Crippen molar-refractivity contribution in [1.29, 1.82) is 0 Å². The van der Waals surface area contributed by atoms with Crippen molar-refractivity contribution in [1.82, 2.24) is 4.90 Å². The van der Waals surface area contributed by atoms with E-state index in [2.05, 4.69) is 4.74 Å². The van der Waals surface area contributed by atoms with Gasteiger partial charge in [-0.3, -0.25) is 9.69 Å². The number of aliphatic carboxylic acids is 1. The summed E-state index contributed by atoms with van der Waals surface area (Å²) in [5.41, 5.74) is 0.551. The number of ether oxygens (including phenoxy) is 1. The molecule has 0 aliphatic heterocycles. The minimum Gasteiger partial charge on any atom is -0.480 e. The molecule has 0 aromatic heterocycles. The van der Waals surface area contributed by atoms with Gasteiger partial charge in [-0.25, -0.2) is 0 Å². The topological polar surface area (TPSA) is 49.8 Å². The van der Waals surface area contributed by atoms with E-state index in [-0.39, 0.29) is 24.8 Å². The second-order valence-corrected chi connectivity index (χ2v) is 4.94. The van der Waals surface area contributed by atoms with Gasteiger partial charge in [0, 0.05) is 18.7 Å². The van der Waals surface area contributed by atoms with Gasteiger partial charge in [0.15, 0.2) is 0 Å². The summed E-state index contributed by atoms with van der Waals surface area (Å²) in [5.74, 6) is -0.586. The van der Waals surface area contributed by atoms with Gasteiger partial charge in [-0.1, -0.05) is 32.0 Å². The highest BCUT2D eigenvalue weighted by Gasteiger charge is 2.15. The highest BCUT2D eigenvalue weighted by molar-refractivity contribution is 5.69. The summed E-state index contributed by atoms with van der Waals surface area (Å²) >= 11 is 0. The standard InChI is InChI=1S/C14H19F2NO3/c1-10(2)7-17(9-13(18)19)8-11-5-3-4-6-12(11)20-14(15)16/h3-6,10,14H,7-9H2,1-2H3,(H,18,19). The van der Waals surface area contributed by atoms with Crippen LogP contribution in [-0.4, -0.2) is 35.7 Å². The zero-order chi connectivity index (χ0) is 15.1. The van der Waals surface area contributed by atoms with Crippen molar-refractivity contribution in [3.8, 4) is 5.75 Å². The number of carboxylic acids is 1. The Kier molecular flexibility index (Phi) is 6.38. The molecule has 112 valence electrons. The predicted octanol–water partition coefficient (Wildman–Crippen LogP) is 2.83. The molecule has 0 saturated carbocycles. The van der Waals surface area contributed by atoms with Crippen molar-refractivity contribution >= 4 is 5.97 Å². The van der Waals surface area contributed by atoms with E-state index in [0.717, 1.165) is 0 Å². The number of carboxylic acid groups (broad SMARTS) is 1. The molecule has 0 spiro atoms. The van der Waals surface area contributed by atoms with E-state index in [1.807, 2.05) is 13.8 Å². The van der Waals surface area contributed by atoms with Gasteiger partial charge in [-0.05, 0) is 12.0 Å². The maximum absolute atomic E-state index is 12.3. The molecule has 20 heavy (non-hydrogen) atoms. The van der Waals surface area contributed by atoms with Crippen molar-refractivity contribution in [3.05, 3.63) is 29.8 Å². The minimum atomic E-state index is -2.89. The molecule has 1 aromatic rings. The molecule has 0 radical (unpaired) electrons. The van der Waals surface area contributed by atoms with Gasteiger partial charge >= 0.3 is 12.6 Å². The summed E-state index contributed by atoms with van der Waals surface area (Å²) in [4.78, 5) is 12.5. The molecule has 0 bridgehead atoms. The fourth-order valence-electron chi connectivity index (χ4n) is 1.98. The van der Waals surface area contributed by atoms with Crippen LogP contribution in [0, 0.1) is 5.92 Å². The van der Waals surface area contributed by atoms with Crippen LogP contribution in [0.2, 0.25) is 0 Å². The maximum atomic E-state index is 12.3. The Morgan fingerprint density at radius 2 is 2.00 bits per heavy atom. The number of hydrogen-bond donors (Lipinski definition) is 1. The van der Waals surface area contributed by atoms with Gasteiger partial charge in [0.2, 0.25) is 0 Å². The Balaban J connectivity index is 2.83. The number of nitrogens with zero attached hydrogens (tertiary/aromatic N) is 1. The second kappa shape index (κ2) is 7.79. The Morgan fingerprint density at radius 3 is 2.55 bits per heavy atom. The first-order chi connectivity index (χ1) is 9.38. The van der Waals surface area contributed by atoms with Crippen molar-refractivity contribution < 1.29 is 23.4 Å². The fourth-order valence-corrected chi connectivity index (χ4v) is 1.98. The molecule has 0 heterocycles. The van der Waals surface area contributed by atoms with E-state index in [1.165, 1.54) is 6.07 Å². The summed E-state index contributed by atoms with van der Waals surface area (Å²) in [6.07, 6.45) is 0. The van der Waals surface area contributed by atoms with Gasteiger partial charge in [-0.2, -0.15) is 8.78 Å². The summed E-state index contributed by atoms with van der Waals surface area (Å²) in [6.45, 7) is 1.73. The minimum absolute atomic E-state index is 0.0849. The van der Waals surface area contributed by atoms with Gasteiger partial charge in [-0.15, -0.1) is 0 Å².